The molecule has 3 aromatic carbocycles. The number of hydrogen-bond acceptors (Lipinski definition) is 4. The zero-order valence-electron chi connectivity index (χ0n) is 19.6. The fraction of sp³-hybridized carbons (Fsp3) is 0.308. The van der Waals surface area contributed by atoms with Crippen LogP contribution in [0.2, 0.25) is 0 Å². The Morgan fingerprint density at radius 2 is 1.71 bits per heavy atom. The molecule has 0 unspecified atom stereocenters. The molecule has 0 saturated carbocycles. The molecule has 4 rings (SSSR count). The lowest BCUT2D eigenvalue weighted by Gasteiger charge is -2.29. The van der Waals surface area contributed by atoms with Gasteiger partial charge < -0.3 is 10.2 Å². The van der Waals surface area contributed by atoms with Crippen LogP contribution in [0.25, 0.3) is 10.8 Å². The van der Waals surface area contributed by atoms with Crippen LogP contribution >= 0.6 is 0 Å². The maximum Gasteiger partial charge on any atom is 0.265 e. The minimum absolute atomic E-state index is 0.130. The third kappa shape index (κ3) is 4.37. The SMILES string of the molecule is CNC(=O)[C@@H](C)N(Cc1ccc(C)cc1)C(=O)CCCN1c2cccc3cccc(c23)S1(=O)=O. The van der Waals surface area contributed by atoms with E-state index in [1.807, 2.05) is 49.4 Å². The normalized spacial score (nSPS) is 14.7. The first-order valence-electron chi connectivity index (χ1n) is 11.3. The lowest BCUT2D eigenvalue weighted by Crippen LogP contribution is -2.46. The van der Waals surface area contributed by atoms with E-state index < -0.39 is 16.1 Å². The predicted molar refractivity (Wildman–Crippen MR) is 133 cm³/mol. The van der Waals surface area contributed by atoms with E-state index in [4.69, 9.17) is 0 Å². The monoisotopic (exact) mass is 479 g/mol. The minimum atomic E-state index is -3.66. The molecule has 0 saturated heterocycles. The molecule has 8 heteroatoms. The Bertz CT molecular complexity index is 1330. The highest BCUT2D eigenvalue weighted by Crippen LogP contribution is 2.42. The second kappa shape index (κ2) is 9.46. The molecule has 0 spiro atoms. The average molecular weight is 480 g/mol. The molecule has 178 valence electrons. The number of carbonyl (C=O) groups excluding carboxylic acids is 2. The quantitative estimate of drug-likeness (QED) is 0.535. The molecule has 1 aliphatic rings. The van der Waals surface area contributed by atoms with Crippen LogP contribution in [-0.2, 0) is 26.2 Å². The number of benzene rings is 3. The van der Waals surface area contributed by atoms with E-state index in [9.17, 15) is 18.0 Å². The molecule has 1 atom stereocenters. The van der Waals surface area contributed by atoms with Crippen LogP contribution in [0.3, 0.4) is 0 Å². The van der Waals surface area contributed by atoms with Crippen LogP contribution in [0.5, 0.6) is 0 Å². The number of amides is 2. The van der Waals surface area contributed by atoms with Crippen molar-refractivity contribution >= 4 is 38.3 Å². The van der Waals surface area contributed by atoms with E-state index in [0.29, 0.717) is 23.5 Å². The van der Waals surface area contributed by atoms with Crippen molar-refractivity contribution in [1.29, 1.82) is 0 Å². The van der Waals surface area contributed by atoms with E-state index in [-0.39, 0.29) is 24.8 Å². The van der Waals surface area contributed by atoms with Gasteiger partial charge >= 0.3 is 0 Å². The molecule has 0 aromatic heterocycles. The summed E-state index contributed by atoms with van der Waals surface area (Å²) < 4.78 is 27.7. The highest BCUT2D eigenvalue weighted by molar-refractivity contribution is 7.93. The largest absolute Gasteiger partial charge is 0.357 e. The van der Waals surface area contributed by atoms with Crippen LogP contribution in [0, 0.1) is 6.92 Å². The summed E-state index contributed by atoms with van der Waals surface area (Å²) >= 11 is 0. The second-order valence-corrected chi connectivity index (χ2v) is 10.4. The molecule has 0 bridgehead atoms. The number of anilines is 1. The highest BCUT2D eigenvalue weighted by atomic mass is 32.2. The lowest BCUT2D eigenvalue weighted by molar-refractivity contribution is -0.140. The third-order valence-corrected chi connectivity index (χ3v) is 8.18. The van der Waals surface area contributed by atoms with Gasteiger partial charge in [0, 0.05) is 31.9 Å². The number of nitrogens with zero attached hydrogens (tertiary/aromatic N) is 2. The van der Waals surface area contributed by atoms with Crippen molar-refractivity contribution in [2.45, 2.75) is 44.2 Å². The summed E-state index contributed by atoms with van der Waals surface area (Å²) in [5.41, 5.74) is 2.69. The first-order valence-corrected chi connectivity index (χ1v) is 12.8. The van der Waals surface area contributed by atoms with E-state index in [1.54, 1.807) is 37.1 Å². The van der Waals surface area contributed by atoms with Crippen molar-refractivity contribution in [1.82, 2.24) is 10.2 Å². The fourth-order valence-electron chi connectivity index (χ4n) is 4.40. The molecule has 34 heavy (non-hydrogen) atoms. The summed E-state index contributed by atoms with van der Waals surface area (Å²) in [5.74, 6) is -0.436. The summed E-state index contributed by atoms with van der Waals surface area (Å²) in [5, 5.41) is 4.21. The third-order valence-electron chi connectivity index (χ3n) is 6.32. The Hall–Kier alpha value is -3.39. The van der Waals surface area contributed by atoms with Crippen molar-refractivity contribution in [2.75, 3.05) is 17.9 Å². The topological polar surface area (TPSA) is 86.8 Å². The molecular formula is C26H29N3O4S. The maximum atomic E-state index is 13.2. The summed E-state index contributed by atoms with van der Waals surface area (Å²) in [6.07, 6.45) is 0.471. The highest BCUT2D eigenvalue weighted by Gasteiger charge is 2.35. The first kappa shape index (κ1) is 23.8. The summed E-state index contributed by atoms with van der Waals surface area (Å²) in [6.45, 7) is 4.19. The number of rotatable bonds is 8. The Kier molecular flexibility index (Phi) is 6.61. The molecule has 0 radical (unpaired) electrons. The van der Waals surface area contributed by atoms with E-state index in [1.165, 1.54) is 4.31 Å². The zero-order valence-corrected chi connectivity index (χ0v) is 20.4. The van der Waals surface area contributed by atoms with Crippen LogP contribution in [0.4, 0.5) is 5.69 Å². The van der Waals surface area contributed by atoms with E-state index >= 15 is 0 Å². The van der Waals surface area contributed by atoms with Gasteiger partial charge in [-0.25, -0.2) is 8.42 Å². The van der Waals surface area contributed by atoms with E-state index in [2.05, 4.69) is 5.32 Å². The van der Waals surface area contributed by atoms with Crippen molar-refractivity contribution < 1.29 is 18.0 Å². The van der Waals surface area contributed by atoms with Crippen molar-refractivity contribution in [3.63, 3.8) is 0 Å². The Labute approximate surface area is 200 Å². The van der Waals surface area contributed by atoms with Gasteiger partial charge in [-0.1, -0.05) is 54.1 Å². The van der Waals surface area contributed by atoms with Gasteiger partial charge in [-0.15, -0.1) is 0 Å². The maximum absolute atomic E-state index is 13.2. The van der Waals surface area contributed by atoms with Crippen LogP contribution in [-0.4, -0.2) is 44.8 Å². The van der Waals surface area contributed by atoms with E-state index in [0.717, 1.165) is 21.9 Å². The Morgan fingerprint density at radius 1 is 1.03 bits per heavy atom. The number of nitrogens with one attached hydrogen (secondary N) is 1. The zero-order chi connectivity index (χ0) is 24.5. The molecule has 1 aliphatic heterocycles. The summed E-state index contributed by atoms with van der Waals surface area (Å²) in [6, 6.07) is 18.0. The minimum Gasteiger partial charge on any atom is -0.357 e. The molecule has 0 fully saturated rings. The van der Waals surface area contributed by atoms with Gasteiger partial charge in [-0.2, -0.15) is 0 Å². The molecule has 2 amide bonds. The van der Waals surface area contributed by atoms with Gasteiger partial charge in [-0.3, -0.25) is 13.9 Å². The smallest absolute Gasteiger partial charge is 0.265 e. The van der Waals surface area contributed by atoms with Crippen molar-refractivity contribution in [3.8, 4) is 0 Å². The number of aryl methyl sites for hydroxylation is 1. The number of likely N-dealkylation sites (N-methyl/N-ethyl adjacent to an activating group) is 1. The Balaban J connectivity index is 1.49. The Morgan fingerprint density at radius 3 is 2.38 bits per heavy atom. The molecule has 1 heterocycles. The van der Waals surface area contributed by atoms with Crippen LogP contribution in [0.15, 0.2) is 65.6 Å². The standard InChI is InChI=1S/C26H29N3O4S/c1-18-12-14-20(15-13-18)17-28(19(2)26(31)27-3)24(30)11-6-16-29-22-9-4-7-21-8-5-10-23(25(21)22)34(29,32)33/h4-5,7-10,12-15,19H,6,11,16-17H2,1-3H3,(H,27,31)/t19-/m1/s1. The molecular weight excluding hydrogens is 450 g/mol. The fourth-order valence-corrected chi connectivity index (χ4v) is 6.15. The second-order valence-electron chi connectivity index (χ2n) is 8.61. The lowest BCUT2D eigenvalue weighted by atomic mass is 10.1. The van der Waals surface area contributed by atoms with Gasteiger partial charge in [0.2, 0.25) is 11.8 Å². The molecule has 1 N–H and O–H groups in total. The number of carbonyl (C=O) groups is 2. The average Bonchev–Trinajstić information content (AvgIpc) is 3.05. The molecule has 7 nitrogen and oxygen atoms in total. The van der Waals surface area contributed by atoms with Crippen LogP contribution in [0.1, 0.15) is 30.9 Å². The van der Waals surface area contributed by atoms with Gasteiger partial charge in [0.1, 0.15) is 6.04 Å². The van der Waals surface area contributed by atoms with Crippen molar-refractivity contribution in [2.24, 2.45) is 0 Å². The molecule has 0 aliphatic carbocycles. The first-order chi connectivity index (χ1) is 16.2. The predicted octanol–water partition coefficient (Wildman–Crippen LogP) is 3.60. The van der Waals surface area contributed by atoms with Gasteiger partial charge in [0.05, 0.1) is 10.6 Å². The van der Waals surface area contributed by atoms with Gasteiger partial charge in [-0.05, 0) is 43.4 Å². The van der Waals surface area contributed by atoms with Gasteiger partial charge in [0.25, 0.3) is 10.0 Å². The number of sulfonamides is 1. The van der Waals surface area contributed by atoms with Crippen molar-refractivity contribution in [3.05, 3.63) is 71.8 Å². The summed E-state index contributed by atoms with van der Waals surface area (Å²) in [7, 11) is -2.11. The number of hydrogen-bond donors (Lipinski definition) is 1. The summed E-state index contributed by atoms with van der Waals surface area (Å²) in [4.78, 5) is 27.4. The van der Waals surface area contributed by atoms with Gasteiger partial charge in [0.15, 0.2) is 0 Å². The van der Waals surface area contributed by atoms with Crippen LogP contribution < -0.4 is 9.62 Å². The molecule has 3 aromatic rings.